The van der Waals surface area contributed by atoms with Crippen molar-refractivity contribution in [3.63, 3.8) is 0 Å². The van der Waals surface area contributed by atoms with E-state index in [1.165, 1.54) is 32.4 Å². The molecule has 1 aromatic carbocycles. The zero-order chi connectivity index (χ0) is 13.0. The van der Waals surface area contributed by atoms with E-state index < -0.39 is 12.2 Å². The van der Waals surface area contributed by atoms with Gasteiger partial charge in [0.25, 0.3) is 0 Å². The van der Waals surface area contributed by atoms with Crippen molar-refractivity contribution in [3.8, 4) is 23.3 Å². The molecule has 6 nitrogen and oxygen atoms in total. The van der Waals surface area contributed by atoms with Gasteiger partial charge in [-0.1, -0.05) is 0 Å². The molecule has 0 heterocycles. The number of nitrogens with zero attached hydrogens (tertiary/aromatic N) is 1. The lowest BCUT2D eigenvalue weighted by molar-refractivity contribution is 0.0524. The number of methoxy groups -OCH3 is 2. The lowest BCUT2D eigenvalue weighted by Gasteiger charge is -2.15. The molecule has 0 aromatic heterocycles. The highest BCUT2D eigenvalue weighted by Crippen LogP contribution is 2.39. The number of nitriles is 1. The van der Waals surface area contributed by atoms with Crippen molar-refractivity contribution in [3.05, 3.63) is 17.7 Å². The average molecular weight is 239 g/mol. The van der Waals surface area contributed by atoms with Crippen LogP contribution < -0.4 is 9.47 Å². The number of aliphatic hydroxyl groups excluding tert-OH is 2. The van der Waals surface area contributed by atoms with Crippen molar-refractivity contribution in [2.24, 2.45) is 0 Å². The molecule has 0 aliphatic heterocycles. The van der Waals surface area contributed by atoms with Gasteiger partial charge in [-0.25, -0.2) is 0 Å². The molecule has 1 aromatic rings. The molecule has 92 valence electrons. The lowest BCUT2D eigenvalue weighted by atomic mass is 10.0. The van der Waals surface area contributed by atoms with Crippen LogP contribution >= 0.6 is 0 Å². The zero-order valence-electron chi connectivity index (χ0n) is 9.41. The molecule has 0 amide bonds. The molecule has 0 aliphatic carbocycles. The molecule has 1 rings (SSSR count). The van der Waals surface area contributed by atoms with Crippen LogP contribution in [-0.2, 0) is 0 Å². The Morgan fingerprint density at radius 2 is 1.65 bits per heavy atom. The fraction of sp³-hybridized carbons (Fsp3) is 0.364. The third-order valence-corrected chi connectivity index (χ3v) is 2.27. The van der Waals surface area contributed by atoms with Gasteiger partial charge in [-0.05, 0) is 17.7 Å². The van der Waals surface area contributed by atoms with Gasteiger partial charge in [-0.2, -0.15) is 5.26 Å². The summed E-state index contributed by atoms with van der Waals surface area (Å²) < 4.78 is 9.77. The van der Waals surface area contributed by atoms with E-state index in [2.05, 4.69) is 0 Å². The van der Waals surface area contributed by atoms with E-state index in [0.29, 0.717) is 0 Å². The van der Waals surface area contributed by atoms with E-state index in [1.807, 2.05) is 0 Å². The summed E-state index contributed by atoms with van der Waals surface area (Å²) in [5, 5.41) is 37.0. The molecule has 6 heteroatoms. The molecule has 3 N–H and O–H groups in total. The summed E-state index contributed by atoms with van der Waals surface area (Å²) in [6.45, 7) is 0. The van der Waals surface area contributed by atoms with Gasteiger partial charge < -0.3 is 24.8 Å². The SMILES string of the molecule is COc1cc(C(O)C(O)C#N)cc(OC)c1O. The van der Waals surface area contributed by atoms with Crippen molar-refractivity contribution in [1.29, 1.82) is 5.26 Å². The standard InChI is InChI=1S/C11H13NO5/c1-16-8-3-6(10(14)7(13)5-12)4-9(17-2)11(8)15/h3-4,7,10,13-15H,1-2H3. The van der Waals surface area contributed by atoms with Gasteiger partial charge in [-0.3, -0.25) is 0 Å². The van der Waals surface area contributed by atoms with E-state index in [4.69, 9.17) is 14.7 Å². The highest BCUT2D eigenvalue weighted by Gasteiger charge is 2.21. The van der Waals surface area contributed by atoms with Crippen LogP contribution in [0.5, 0.6) is 17.2 Å². The molecular weight excluding hydrogens is 226 g/mol. The summed E-state index contributed by atoms with van der Waals surface area (Å²) in [4.78, 5) is 0. The first-order chi connectivity index (χ1) is 8.04. The quantitative estimate of drug-likeness (QED) is 0.654. The monoisotopic (exact) mass is 239 g/mol. The van der Waals surface area contributed by atoms with Gasteiger partial charge in [-0.15, -0.1) is 0 Å². The summed E-state index contributed by atoms with van der Waals surface area (Å²) >= 11 is 0. The van der Waals surface area contributed by atoms with Crippen molar-refractivity contribution < 1.29 is 24.8 Å². The van der Waals surface area contributed by atoms with E-state index in [0.717, 1.165) is 0 Å². The Morgan fingerprint density at radius 1 is 1.18 bits per heavy atom. The van der Waals surface area contributed by atoms with Crippen LogP contribution in [0, 0.1) is 11.3 Å². The van der Waals surface area contributed by atoms with Gasteiger partial charge in [0.1, 0.15) is 6.10 Å². The van der Waals surface area contributed by atoms with Crippen LogP contribution in [0.2, 0.25) is 0 Å². The van der Waals surface area contributed by atoms with Crippen molar-refractivity contribution in [2.75, 3.05) is 14.2 Å². The smallest absolute Gasteiger partial charge is 0.200 e. The molecule has 0 radical (unpaired) electrons. The number of phenolic OH excluding ortho intramolecular Hbond substituents is 1. The average Bonchev–Trinajstić information content (AvgIpc) is 2.37. The van der Waals surface area contributed by atoms with Crippen LogP contribution in [-0.4, -0.2) is 35.6 Å². The largest absolute Gasteiger partial charge is 0.502 e. The number of ether oxygens (including phenoxy) is 2. The summed E-state index contributed by atoms with van der Waals surface area (Å²) in [6, 6.07) is 4.16. The summed E-state index contributed by atoms with van der Waals surface area (Å²) in [7, 11) is 2.68. The van der Waals surface area contributed by atoms with Crippen molar-refractivity contribution in [2.45, 2.75) is 12.2 Å². The third kappa shape index (κ3) is 2.58. The minimum absolute atomic E-state index is 0.0866. The minimum atomic E-state index is -1.56. The van der Waals surface area contributed by atoms with E-state index in [1.54, 1.807) is 0 Å². The van der Waals surface area contributed by atoms with E-state index >= 15 is 0 Å². The molecular formula is C11H13NO5. The molecule has 0 spiro atoms. The first-order valence-electron chi connectivity index (χ1n) is 4.75. The molecule has 2 atom stereocenters. The molecule has 0 bridgehead atoms. The van der Waals surface area contributed by atoms with Gasteiger partial charge in [0.2, 0.25) is 5.75 Å². The van der Waals surface area contributed by atoms with Crippen LogP contribution in [0.1, 0.15) is 11.7 Å². The maximum atomic E-state index is 9.65. The Labute approximate surface area is 98.3 Å². The second kappa shape index (κ2) is 5.39. The van der Waals surface area contributed by atoms with E-state index in [9.17, 15) is 15.3 Å². The summed E-state index contributed by atoms with van der Waals surface area (Å²) in [5.74, 6) is -0.0375. The fourth-order valence-corrected chi connectivity index (χ4v) is 1.34. The highest BCUT2D eigenvalue weighted by molar-refractivity contribution is 5.53. The number of hydrogen-bond donors (Lipinski definition) is 3. The highest BCUT2D eigenvalue weighted by atomic mass is 16.5. The first-order valence-corrected chi connectivity index (χ1v) is 4.75. The predicted octanol–water partition coefficient (Wildman–Crippen LogP) is 0.327. The maximum Gasteiger partial charge on any atom is 0.200 e. The second-order valence-corrected chi connectivity index (χ2v) is 3.29. The molecule has 0 aliphatic rings. The Bertz CT molecular complexity index is 415. The van der Waals surface area contributed by atoms with Crippen LogP contribution in [0.4, 0.5) is 0 Å². The normalized spacial score (nSPS) is 13.6. The fourth-order valence-electron chi connectivity index (χ4n) is 1.34. The van der Waals surface area contributed by atoms with Crippen LogP contribution in [0.15, 0.2) is 12.1 Å². The van der Waals surface area contributed by atoms with E-state index in [-0.39, 0.29) is 22.8 Å². The Morgan fingerprint density at radius 3 is 2.00 bits per heavy atom. The predicted molar refractivity (Wildman–Crippen MR) is 57.8 cm³/mol. The summed E-state index contributed by atoms with van der Waals surface area (Å²) in [6.07, 6.45) is -2.96. The van der Waals surface area contributed by atoms with Crippen LogP contribution in [0.3, 0.4) is 0 Å². The van der Waals surface area contributed by atoms with Crippen molar-refractivity contribution >= 4 is 0 Å². The minimum Gasteiger partial charge on any atom is -0.502 e. The topological polar surface area (TPSA) is 103 Å². The molecule has 2 unspecified atom stereocenters. The number of hydrogen-bond acceptors (Lipinski definition) is 6. The van der Waals surface area contributed by atoms with Gasteiger partial charge in [0.15, 0.2) is 17.6 Å². The number of aliphatic hydroxyl groups is 2. The lowest BCUT2D eigenvalue weighted by Crippen LogP contribution is -2.15. The third-order valence-electron chi connectivity index (χ3n) is 2.27. The Kier molecular flexibility index (Phi) is 4.15. The number of aromatic hydroxyl groups is 1. The number of benzene rings is 1. The Balaban J connectivity index is 3.22. The van der Waals surface area contributed by atoms with Crippen molar-refractivity contribution in [1.82, 2.24) is 0 Å². The van der Waals surface area contributed by atoms with Gasteiger partial charge in [0, 0.05) is 0 Å². The molecule has 17 heavy (non-hydrogen) atoms. The van der Waals surface area contributed by atoms with Crippen LogP contribution in [0.25, 0.3) is 0 Å². The first kappa shape index (κ1) is 13.1. The molecule has 0 saturated carbocycles. The maximum absolute atomic E-state index is 9.65. The zero-order valence-corrected chi connectivity index (χ0v) is 9.41. The summed E-state index contributed by atoms with van der Waals surface area (Å²) in [5.41, 5.74) is 0.213. The molecule has 0 saturated heterocycles. The Hall–Kier alpha value is -1.97. The number of rotatable bonds is 4. The number of phenols is 1. The second-order valence-electron chi connectivity index (χ2n) is 3.29. The molecule has 0 fully saturated rings. The van der Waals surface area contributed by atoms with Gasteiger partial charge in [0.05, 0.1) is 20.3 Å². The van der Waals surface area contributed by atoms with Gasteiger partial charge >= 0.3 is 0 Å².